The topological polar surface area (TPSA) is 105 Å². The Bertz CT molecular complexity index is 434. The van der Waals surface area contributed by atoms with Crippen LogP contribution in [0, 0.1) is 6.92 Å². The second-order valence-corrected chi connectivity index (χ2v) is 5.27. The smallest absolute Gasteiger partial charge is 0.266 e. The number of carbonyl (C=O) groups is 1. The lowest BCUT2D eigenvalue weighted by atomic mass is 10.0. The van der Waals surface area contributed by atoms with Gasteiger partial charge >= 0.3 is 0 Å². The first kappa shape index (κ1) is 12.3. The molecule has 6 nitrogen and oxygen atoms in total. The normalized spacial score (nSPS) is 25.0. The Morgan fingerprint density at radius 3 is 2.88 bits per heavy atom. The van der Waals surface area contributed by atoms with Gasteiger partial charge in [-0.1, -0.05) is 11.3 Å². The number of aromatic nitrogens is 1. The lowest BCUT2D eigenvalue weighted by Crippen LogP contribution is -2.52. The third-order valence-corrected chi connectivity index (χ3v) is 3.90. The highest BCUT2D eigenvalue weighted by Gasteiger charge is 2.29. The van der Waals surface area contributed by atoms with Gasteiger partial charge in [-0.15, -0.1) is 0 Å². The summed E-state index contributed by atoms with van der Waals surface area (Å²) < 4.78 is 0. The van der Waals surface area contributed by atoms with Crippen LogP contribution < -0.4 is 11.5 Å². The minimum atomic E-state index is -0.654. The van der Waals surface area contributed by atoms with E-state index in [1.807, 2.05) is 0 Å². The van der Waals surface area contributed by atoms with Gasteiger partial charge in [-0.25, -0.2) is 4.98 Å². The number of hydrogen-bond acceptors (Lipinski definition) is 6. The standard InChI is InChI=1S/C10H16N4O2S/c1-5-8(17-10(12)13-5)9(16)14-3-2-6(11)7(15)4-14/h6-7,15H,2-4,11H2,1H3,(H2,12,13)/t6-,7-/m1/s1. The van der Waals surface area contributed by atoms with Crippen molar-refractivity contribution in [2.45, 2.75) is 25.5 Å². The van der Waals surface area contributed by atoms with Gasteiger partial charge in [-0.3, -0.25) is 4.79 Å². The fourth-order valence-corrected chi connectivity index (χ4v) is 2.70. The Morgan fingerprint density at radius 2 is 2.35 bits per heavy atom. The summed E-state index contributed by atoms with van der Waals surface area (Å²) in [6.07, 6.45) is -0.0430. The summed E-state index contributed by atoms with van der Waals surface area (Å²) in [7, 11) is 0. The van der Waals surface area contributed by atoms with Crippen molar-refractivity contribution in [2.75, 3.05) is 18.8 Å². The number of rotatable bonds is 1. The molecule has 1 aromatic heterocycles. The quantitative estimate of drug-likeness (QED) is 0.632. The van der Waals surface area contributed by atoms with Crippen molar-refractivity contribution in [3.63, 3.8) is 0 Å². The van der Waals surface area contributed by atoms with Gasteiger partial charge in [0.15, 0.2) is 5.13 Å². The van der Waals surface area contributed by atoms with Gasteiger partial charge in [-0.05, 0) is 13.3 Å². The molecule has 7 heteroatoms. The zero-order chi connectivity index (χ0) is 12.6. The highest BCUT2D eigenvalue weighted by Crippen LogP contribution is 2.23. The first-order valence-corrected chi connectivity index (χ1v) is 6.26. The minimum Gasteiger partial charge on any atom is -0.390 e. The third kappa shape index (κ3) is 2.41. The molecule has 0 radical (unpaired) electrons. The number of nitrogen functional groups attached to an aromatic ring is 1. The van der Waals surface area contributed by atoms with Crippen molar-refractivity contribution in [1.29, 1.82) is 0 Å². The molecule has 0 saturated carbocycles. The first-order valence-electron chi connectivity index (χ1n) is 5.45. The maximum atomic E-state index is 12.2. The molecular formula is C10H16N4O2S. The summed E-state index contributed by atoms with van der Waals surface area (Å²) in [6.45, 7) is 2.59. The summed E-state index contributed by atoms with van der Waals surface area (Å²) in [5.74, 6) is -0.123. The SMILES string of the molecule is Cc1nc(N)sc1C(=O)N1CC[C@@H](N)[C@H](O)C1. The average molecular weight is 256 g/mol. The summed E-state index contributed by atoms with van der Waals surface area (Å²) >= 11 is 1.18. The van der Waals surface area contributed by atoms with Crippen LogP contribution in [0.3, 0.4) is 0 Å². The number of thiazole rings is 1. The lowest BCUT2D eigenvalue weighted by molar-refractivity contribution is 0.0398. The number of aliphatic hydroxyl groups is 1. The minimum absolute atomic E-state index is 0.123. The van der Waals surface area contributed by atoms with Crippen LogP contribution in [-0.4, -0.2) is 46.1 Å². The molecular weight excluding hydrogens is 240 g/mol. The number of aliphatic hydroxyl groups excluding tert-OH is 1. The highest BCUT2D eigenvalue weighted by molar-refractivity contribution is 7.17. The number of nitrogens with zero attached hydrogens (tertiary/aromatic N) is 2. The van der Waals surface area contributed by atoms with Crippen molar-refractivity contribution in [3.05, 3.63) is 10.6 Å². The summed E-state index contributed by atoms with van der Waals surface area (Å²) in [5.41, 5.74) is 11.9. The van der Waals surface area contributed by atoms with E-state index in [4.69, 9.17) is 11.5 Å². The predicted molar refractivity (Wildman–Crippen MR) is 65.8 cm³/mol. The lowest BCUT2D eigenvalue weighted by Gasteiger charge is -2.33. The van der Waals surface area contributed by atoms with Crippen LogP contribution >= 0.6 is 11.3 Å². The molecule has 1 aliphatic rings. The number of anilines is 1. The molecule has 17 heavy (non-hydrogen) atoms. The van der Waals surface area contributed by atoms with Gasteiger partial charge in [0.05, 0.1) is 11.8 Å². The van der Waals surface area contributed by atoms with E-state index in [2.05, 4.69) is 4.98 Å². The van der Waals surface area contributed by atoms with Gasteiger partial charge in [0.25, 0.3) is 5.91 Å². The maximum absolute atomic E-state index is 12.2. The van der Waals surface area contributed by atoms with Crippen LogP contribution in [0.5, 0.6) is 0 Å². The Morgan fingerprint density at radius 1 is 1.65 bits per heavy atom. The molecule has 2 atom stereocenters. The van der Waals surface area contributed by atoms with Crippen LogP contribution in [0.4, 0.5) is 5.13 Å². The predicted octanol–water partition coefficient (Wildman–Crippen LogP) is -0.432. The average Bonchev–Trinajstić information content (AvgIpc) is 2.61. The van der Waals surface area contributed by atoms with Crippen molar-refractivity contribution in [2.24, 2.45) is 5.73 Å². The van der Waals surface area contributed by atoms with Crippen LogP contribution in [0.25, 0.3) is 0 Å². The van der Waals surface area contributed by atoms with Crippen LogP contribution in [0.1, 0.15) is 21.8 Å². The zero-order valence-corrected chi connectivity index (χ0v) is 10.4. The number of β-amino-alcohol motifs (C(OH)–C–C–N with tert-alkyl or cyclic N) is 1. The molecule has 0 aliphatic carbocycles. The molecule has 0 spiro atoms. The Labute approximate surface area is 103 Å². The number of nitrogens with two attached hydrogens (primary N) is 2. The highest BCUT2D eigenvalue weighted by atomic mass is 32.1. The molecule has 0 bridgehead atoms. The van der Waals surface area contributed by atoms with Crippen LogP contribution in [-0.2, 0) is 0 Å². The number of hydrogen-bond donors (Lipinski definition) is 3. The molecule has 94 valence electrons. The second-order valence-electron chi connectivity index (χ2n) is 4.24. The Kier molecular flexibility index (Phi) is 3.32. The molecule has 1 aliphatic heterocycles. The van der Waals surface area contributed by atoms with Gasteiger partial charge in [0.1, 0.15) is 4.88 Å². The monoisotopic (exact) mass is 256 g/mol. The van der Waals surface area contributed by atoms with Crippen molar-refractivity contribution >= 4 is 22.4 Å². The molecule has 1 amide bonds. The molecule has 1 aromatic rings. The van der Waals surface area contributed by atoms with E-state index < -0.39 is 6.10 Å². The molecule has 2 heterocycles. The summed E-state index contributed by atoms with van der Waals surface area (Å²) in [6, 6.07) is -0.244. The summed E-state index contributed by atoms with van der Waals surface area (Å²) in [4.78, 5) is 18.3. The largest absolute Gasteiger partial charge is 0.390 e. The molecule has 2 rings (SSSR count). The number of likely N-dealkylation sites (tertiary alicyclic amines) is 1. The maximum Gasteiger partial charge on any atom is 0.266 e. The Hall–Kier alpha value is -1.18. The van der Waals surface area contributed by atoms with E-state index in [0.29, 0.717) is 28.7 Å². The first-order chi connectivity index (χ1) is 7.99. The van der Waals surface area contributed by atoms with Gasteiger partial charge in [0.2, 0.25) is 0 Å². The summed E-state index contributed by atoms with van der Waals surface area (Å²) in [5, 5.41) is 10.1. The van der Waals surface area contributed by atoms with Crippen molar-refractivity contribution < 1.29 is 9.90 Å². The number of piperidine rings is 1. The van der Waals surface area contributed by atoms with Gasteiger partial charge < -0.3 is 21.5 Å². The molecule has 1 fully saturated rings. The van der Waals surface area contributed by atoms with E-state index in [1.165, 1.54) is 11.3 Å². The molecule has 0 aromatic carbocycles. The Balaban J connectivity index is 2.13. The fraction of sp³-hybridized carbons (Fsp3) is 0.600. The number of carbonyl (C=O) groups excluding carboxylic acids is 1. The molecule has 1 saturated heterocycles. The third-order valence-electron chi connectivity index (χ3n) is 2.93. The van der Waals surface area contributed by atoms with E-state index in [-0.39, 0.29) is 18.5 Å². The van der Waals surface area contributed by atoms with E-state index >= 15 is 0 Å². The van der Waals surface area contributed by atoms with Crippen LogP contribution in [0.2, 0.25) is 0 Å². The van der Waals surface area contributed by atoms with E-state index in [0.717, 1.165) is 0 Å². The number of aryl methyl sites for hydroxylation is 1. The molecule has 5 N–H and O–H groups in total. The zero-order valence-electron chi connectivity index (χ0n) is 9.59. The van der Waals surface area contributed by atoms with E-state index in [9.17, 15) is 9.90 Å². The fourth-order valence-electron chi connectivity index (χ4n) is 1.89. The van der Waals surface area contributed by atoms with Crippen molar-refractivity contribution in [1.82, 2.24) is 9.88 Å². The van der Waals surface area contributed by atoms with E-state index in [1.54, 1.807) is 11.8 Å². The molecule has 0 unspecified atom stereocenters. The second kappa shape index (κ2) is 4.59. The van der Waals surface area contributed by atoms with Gasteiger partial charge in [0, 0.05) is 19.1 Å². The van der Waals surface area contributed by atoms with Gasteiger partial charge in [-0.2, -0.15) is 0 Å². The van der Waals surface area contributed by atoms with Crippen LogP contribution in [0.15, 0.2) is 0 Å². The number of amides is 1. The van der Waals surface area contributed by atoms with Crippen molar-refractivity contribution in [3.8, 4) is 0 Å².